The molecule has 5 nitrogen and oxygen atoms in total. The van der Waals surface area contributed by atoms with Crippen LogP contribution in [0.25, 0.3) is 0 Å². The molecule has 4 fully saturated rings. The number of carbonyl (C=O) groups excluding carboxylic acids is 2. The Balaban J connectivity index is 1.33. The zero-order chi connectivity index (χ0) is 20.9. The normalized spacial score (nSPS) is 29.0. The molecule has 1 N–H and O–H groups in total. The fourth-order valence-electron chi connectivity index (χ4n) is 6.24. The molecule has 4 aliphatic carbocycles. The van der Waals surface area contributed by atoms with E-state index in [2.05, 4.69) is 4.98 Å². The lowest BCUT2D eigenvalue weighted by Crippen LogP contribution is -2.50. The Morgan fingerprint density at radius 1 is 0.900 bits per heavy atom. The molecule has 0 atom stereocenters. The Bertz CT molecular complexity index is 994. The van der Waals surface area contributed by atoms with Crippen molar-refractivity contribution in [1.82, 2.24) is 4.98 Å². The molecule has 4 aliphatic rings. The topological polar surface area (TPSA) is 84.3 Å². The van der Waals surface area contributed by atoms with E-state index in [-0.39, 0.29) is 22.0 Å². The van der Waals surface area contributed by atoms with Crippen molar-refractivity contribution in [3.63, 3.8) is 0 Å². The number of ketones is 1. The van der Waals surface area contributed by atoms with Crippen molar-refractivity contribution in [3.8, 4) is 0 Å². The number of benzene rings is 1. The molecule has 2 aromatic rings. The van der Waals surface area contributed by atoms with Gasteiger partial charge in [0, 0.05) is 27.6 Å². The van der Waals surface area contributed by atoms with Crippen molar-refractivity contribution in [1.29, 1.82) is 0 Å². The van der Waals surface area contributed by atoms with Crippen LogP contribution in [0.1, 0.15) is 69.7 Å². The highest BCUT2D eigenvalue weighted by Gasteiger charge is 2.54. The van der Waals surface area contributed by atoms with Gasteiger partial charge in [-0.3, -0.25) is 9.59 Å². The molecule has 4 saturated carbocycles. The Kier molecular flexibility index (Phi) is 4.77. The smallest absolute Gasteiger partial charge is 0.355 e. The van der Waals surface area contributed by atoms with Crippen LogP contribution >= 0.6 is 11.8 Å². The van der Waals surface area contributed by atoms with E-state index in [4.69, 9.17) is 0 Å². The van der Waals surface area contributed by atoms with Gasteiger partial charge in [0.25, 0.3) is 0 Å². The molecule has 1 aromatic carbocycles. The fourth-order valence-corrected chi connectivity index (χ4v) is 7.08. The van der Waals surface area contributed by atoms with Gasteiger partial charge in [-0.25, -0.2) is 9.78 Å². The second-order valence-corrected chi connectivity index (χ2v) is 10.2. The monoisotopic (exact) mass is 421 g/mol. The van der Waals surface area contributed by atoms with E-state index in [9.17, 15) is 19.5 Å². The van der Waals surface area contributed by atoms with Crippen LogP contribution in [0, 0.1) is 23.2 Å². The second kappa shape index (κ2) is 7.34. The van der Waals surface area contributed by atoms with Gasteiger partial charge in [0.1, 0.15) is 0 Å². The van der Waals surface area contributed by atoms with Crippen LogP contribution in [0.4, 0.5) is 0 Å². The molecule has 0 radical (unpaired) electrons. The van der Waals surface area contributed by atoms with E-state index >= 15 is 0 Å². The predicted octanol–water partition coefficient (Wildman–Crippen LogP) is 5.11. The summed E-state index contributed by atoms with van der Waals surface area (Å²) in [7, 11) is 0. The molecule has 4 bridgehead atoms. The number of rotatable bonds is 5. The zero-order valence-corrected chi connectivity index (χ0v) is 17.4. The first-order chi connectivity index (χ1) is 14.4. The first kappa shape index (κ1) is 19.5. The molecule has 6 heteroatoms. The molecule has 1 heterocycles. The molecule has 0 amide bonds. The summed E-state index contributed by atoms with van der Waals surface area (Å²) in [6, 6.07) is 10.1. The quantitative estimate of drug-likeness (QED) is 0.533. The van der Waals surface area contributed by atoms with E-state index in [0.29, 0.717) is 33.8 Å². The molecular weight excluding hydrogens is 398 g/mol. The summed E-state index contributed by atoms with van der Waals surface area (Å²) in [6.45, 7) is 0. The molecular formula is C24H23NO4S. The van der Waals surface area contributed by atoms with Crippen LogP contribution in [-0.2, 0) is 0 Å². The van der Waals surface area contributed by atoms with Gasteiger partial charge in [0.05, 0.1) is 0 Å². The molecule has 0 aliphatic heterocycles. The minimum absolute atomic E-state index is 0.135. The van der Waals surface area contributed by atoms with E-state index in [1.807, 2.05) is 0 Å². The van der Waals surface area contributed by atoms with Crippen molar-refractivity contribution < 1.29 is 19.5 Å². The van der Waals surface area contributed by atoms with Crippen LogP contribution < -0.4 is 0 Å². The van der Waals surface area contributed by atoms with Gasteiger partial charge in [-0.2, -0.15) is 0 Å². The third-order valence-corrected chi connectivity index (χ3v) is 8.05. The predicted molar refractivity (Wildman–Crippen MR) is 113 cm³/mol. The summed E-state index contributed by atoms with van der Waals surface area (Å²) in [5, 5.41) is 8.97. The largest absolute Gasteiger partial charge is 0.476 e. The summed E-state index contributed by atoms with van der Waals surface area (Å²) in [4.78, 5) is 41.5. The Morgan fingerprint density at radius 3 is 2.03 bits per heavy atom. The summed E-state index contributed by atoms with van der Waals surface area (Å²) < 4.78 is 0. The maximum Gasteiger partial charge on any atom is 0.355 e. The molecule has 154 valence electrons. The van der Waals surface area contributed by atoms with Crippen molar-refractivity contribution in [2.24, 2.45) is 23.2 Å². The Hall–Kier alpha value is -2.47. The van der Waals surface area contributed by atoms with Crippen LogP contribution in [0.3, 0.4) is 0 Å². The van der Waals surface area contributed by atoms with Gasteiger partial charge < -0.3 is 5.11 Å². The van der Waals surface area contributed by atoms with Gasteiger partial charge in [0.15, 0.2) is 11.5 Å². The summed E-state index contributed by atoms with van der Waals surface area (Å²) >= 11 is 0.846. The standard InChI is InChI=1S/C24H23NO4S/c26-21(24-11-14-8-15(12-24)10-16(9-14)13-24)17-3-5-18(6-4-17)23(29)30-19-2-1-7-25-20(19)22(27)28/h1-7,14-16H,8-13H2,(H,27,28). The highest BCUT2D eigenvalue weighted by molar-refractivity contribution is 8.14. The number of carbonyl (C=O) groups is 3. The average molecular weight is 422 g/mol. The van der Waals surface area contributed by atoms with Crippen LogP contribution in [0.5, 0.6) is 0 Å². The van der Waals surface area contributed by atoms with Gasteiger partial charge in [-0.05, 0) is 92.3 Å². The van der Waals surface area contributed by atoms with Gasteiger partial charge in [-0.1, -0.05) is 12.1 Å². The number of pyridine rings is 1. The van der Waals surface area contributed by atoms with Crippen molar-refractivity contribution in [2.75, 3.05) is 0 Å². The number of carboxylic acid groups (broad SMARTS) is 1. The lowest BCUT2D eigenvalue weighted by molar-refractivity contribution is -0.0353. The Labute approximate surface area is 179 Å². The van der Waals surface area contributed by atoms with E-state index in [0.717, 1.165) is 31.0 Å². The lowest BCUT2D eigenvalue weighted by Gasteiger charge is -2.56. The highest BCUT2D eigenvalue weighted by atomic mass is 32.2. The Morgan fingerprint density at radius 2 is 1.47 bits per heavy atom. The first-order valence-electron chi connectivity index (χ1n) is 10.5. The number of hydrogen-bond acceptors (Lipinski definition) is 5. The highest BCUT2D eigenvalue weighted by Crippen LogP contribution is 2.60. The summed E-state index contributed by atoms with van der Waals surface area (Å²) in [6.07, 6.45) is 8.34. The number of hydrogen-bond donors (Lipinski definition) is 1. The lowest BCUT2D eigenvalue weighted by atomic mass is 9.48. The number of aromatic nitrogens is 1. The number of aromatic carboxylic acids is 1. The van der Waals surface area contributed by atoms with E-state index < -0.39 is 5.97 Å². The minimum Gasteiger partial charge on any atom is -0.476 e. The van der Waals surface area contributed by atoms with Crippen molar-refractivity contribution >= 4 is 28.6 Å². The number of Topliss-reactive ketones (excluding diaryl/α,β-unsaturated/α-hetero) is 1. The second-order valence-electron chi connectivity index (χ2n) is 9.15. The fraction of sp³-hybridized carbons (Fsp3) is 0.417. The van der Waals surface area contributed by atoms with Crippen LogP contribution in [0.2, 0.25) is 0 Å². The number of nitrogens with zero attached hydrogens (tertiary/aromatic N) is 1. The third-order valence-electron chi connectivity index (χ3n) is 7.08. The van der Waals surface area contributed by atoms with Crippen LogP contribution in [-0.4, -0.2) is 27.0 Å². The minimum atomic E-state index is -1.16. The van der Waals surface area contributed by atoms with Crippen molar-refractivity contribution in [3.05, 3.63) is 59.4 Å². The maximum atomic E-state index is 13.4. The molecule has 6 rings (SSSR count). The van der Waals surface area contributed by atoms with Gasteiger partial charge in [-0.15, -0.1) is 0 Å². The number of carboxylic acids is 1. The third kappa shape index (κ3) is 3.37. The number of thioether (sulfide) groups is 1. The molecule has 1 aromatic heterocycles. The van der Waals surface area contributed by atoms with Crippen molar-refractivity contribution in [2.45, 2.75) is 43.4 Å². The maximum absolute atomic E-state index is 13.4. The summed E-state index contributed by atoms with van der Waals surface area (Å²) in [5.41, 5.74) is 0.805. The van der Waals surface area contributed by atoms with E-state index in [1.165, 1.54) is 25.5 Å². The van der Waals surface area contributed by atoms with E-state index in [1.54, 1.807) is 36.4 Å². The zero-order valence-electron chi connectivity index (χ0n) is 16.5. The van der Waals surface area contributed by atoms with Crippen LogP contribution in [0.15, 0.2) is 47.5 Å². The first-order valence-corrected chi connectivity index (χ1v) is 11.3. The van der Waals surface area contributed by atoms with Gasteiger partial charge >= 0.3 is 5.97 Å². The SMILES string of the molecule is O=C(Sc1cccnc1C(=O)O)c1ccc(C(=O)C23CC4CC(CC(C4)C2)C3)cc1. The summed E-state index contributed by atoms with van der Waals surface area (Å²) in [5.74, 6) is 1.21. The molecule has 30 heavy (non-hydrogen) atoms. The molecule has 0 saturated heterocycles. The average Bonchev–Trinajstić information content (AvgIpc) is 2.72. The molecule has 0 unspecified atom stereocenters. The van der Waals surface area contributed by atoms with Gasteiger partial charge in [0.2, 0.25) is 5.12 Å². The molecule has 0 spiro atoms.